The van der Waals surface area contributed by atoms with Crippen molar-refractivity contribution in [1.82, 2.24) is 10.8 Å². The minimum absolute atomic E-state index is 0.0431. The molecule has 3 rings (SSSR count). The Bertz CT molecular complexity index is 1210. The molecule has 0 saturated heterocycles. The predicted octanol–water partition coefficient (Wildman–Crippen LogP) is 5.08. The smallest absolute Gasteiger partial charge is 0.408 e. The van der Waals surface area contributed by atoms with Gasteiger partial charge in [0.2, 0.25) is 5.91 Å². The Hall–Kier alpha value is -4.66. The molecule has 0 aromatic heterocycles. The Morgan fingerprint density at radius 3 is 1.82 bits per heavy atom. The predicted molar refractivity (Wildman–Crippen MR) is 151 cm³/mol. The maximum atomic E-state index is 12.7. The number of nitrogens with one attached hydrogen (secondary N) is 3. The van der Waals surface area contributed by atoms with Gasteiger partial charge in [0, 0.05) is 24.9 Å². The number of carbonyl (C=O) groups is 4. The van der Waals surface area contributed by atoms with Crippen molar-refractivity contribution < 1.29 is 28.8 Å². The average molecular weight is 546 g/mol. The number of hydrogen-bond acceptors (Lipinski definition) is 6. The second-order valence-electron chi connectivity index (χ2n) is 9.22. The minimum atomic E-state index is -1.06. The lowest BCUT2D eigenvalue weighted by atomic mass is 10.1. The first kappa shape index (κ1) is 29.9. The van der Waals surface area contributed by atoms with Crippen LogP contribution >= 0.6 is 0 Å². The summed E-state index contributed by atoms with van der Waals surface area (Å²) < 4.78 is 5.23. The maximum Gasteiger partial charge on any atom is 0.408 e. The average Bonchev–Trinajstić information content (AvgIpc) is 2.98. The third-order valence-electron chi connectivity index (χ3n) is 5.95. The third-order valence-corrected chi connectivity index (χ3v) is 5.95. The van der Waals surface area contributed by atoms with Crippen LogP contribution in [0.25, 0.3) is 0 Å². The van der Waals surface area contributed by atoms with Crippen molar-refractivity contribution in [2.24, 2.45) is 0 Å². The summed E-state index contributed by atoms with van der Waals surface area (Å²) in [4.78, 5) is 54.3. The van der Waals surface area contributed by atoms with E-state index in [2.05, 4.69) is 16.1 Å². The van der Waals surface area contributed by atoms with E-state index >= 15 is 0 Å². The summed E-state index contributed by atoms with van der Waals surface area (Å²) in [6, 6.07) is 26.5. The van der Waals surface area contributed by atoms with Gasteiger partial charge in [0.1, 0.15) is 12.6 Å². The molecule has 0 fully saturated rings. The van der Waals surface area contributed by atoms with Crippen molar-refractivity contribution in [3.05, 3.63) is 102 Å². The van der Waals surface area contributed by atoms with Crippen molar-refractivity contribution in [2.45, 2.75) is 57.6 Å². The molecule has 3 N–H and O–H groups in total. The Balaban J connectivity index is 1.35. The molecule has 210 valence electrons. The highest BCUT2D eigenvalue weighted by molar-refractivity contribution is 5.90. The van der Waals surface area contributed by atoms with Crippen LogP contribution in [0.2, 0.25) is 0 Å². The van der Waals surface area contributed by atoms with Gasteiger partial charge in [-0.2, -0.15) is 5.48 Å². The number of hydrogen-bond donors (Lipinski definition) is 3. The summed E-state index contributed by atoms with van der Waals surface area (Å²) >= 11 is 0. The highest BCUT2D eigenvalue weighted by Crippen LogP contribution is 2.10. The fraction of sp³-hybridized carbons (Fsp3) is 0.290. The summed E-state index contributed by atoms with van der Waals surface area (Å²) in [5, 5.41) is 5.37. The Morgan fingerprint density at radius 1 is 0.650 bits per heavy atom. The SMILES string of the molecule is O=C(CCCCCCC(=O)Nc1ccccc1)NOC(=O)[C@@H](Cc1ccccc1)NC(=O)OCc1ccccc1. The molecule has 1 atom stereocenters. The molecule has 9 heteroatoms. The van der Waals surface area contributed by atoms with Gasteiger partial charge < -0.3 is 20.2 Å². The number of hydroxylamine groups is 1. The topological polar surface area (TPSA) is 123 Å². The number of carbonyl (C=O) groups excluding carboxylic acids is 4. The van der Waals surface area contributed by atoms with E-state index < -0.39 is 24.0 Å². The lowest BCUT2D eigenvalue weighted by Gasteiger charge is -2.17. The molecule has 3 amide bonds. The highest BCUT2D eigenvalue weighted by Gasteiger charge is 2.25. The number of rotatable bonds is 14. The zero-order valence-corrected chi connectivity index (χ0v) is 22.3. The van der Waals surface area contributed by atoms with Crippen LogP contribution in [0.5, 0.6) is 0 Å². The van der Waals surface area contributed by atoms with Crippen LogP contribution in [-0.2, 0) is 37.0 Å². The normalized spacial score (nSPS) is 11.1. The third kappa shape index (κ3) is 11.8. The molecule has 3 aromatic carbocycles. The minimum Gasteiger partial charge on any atom is -0.445 e. The molecule has 0 aliphatic carbocycles. The number of amides is 3. The number of ether oxygens (including phenoxy) is 1. The van der Waals surface area contributed by atoms with Gasteiger partial charge >= 0.3 is 12.1 Å². The second kappa shape index (κ2) is 17.0. The molecular weight excluding hydrogens is 510 g/mol. The van der Waals surface area contributed by atoms with Gasteiger partial charge in [-0.25, -0.2) is 9.59 Å². The first-order valence-corrected chi connectivity index (χ1v) is 13.3. The summed E-state index contributed by atoms with van der Waals surface area (Å²) in [6.45, 7) is 0.0498. The van der Waals surface area contributed by atoms with Crippen molar-refractivity contribution in [3.63, 3.8) is 0 Å². The van der Waals surface area contributed by atoms with Crippen LogP contribution in [0.4, 0.5) is 10.5 Å². The van der Waals surface area contributed by atoms with Gasteiger partial charge in [-0.3, -0.25) is 9.59 Å². The standard InChI is InChI=1S/C31H35N3O6/c35-28(32-26-18-10-5-11-19-26)20-12-1-2-13-21-29(36)34-40-30(37)27(22-24-14-6-3-7-15-24)33-31(38)39-23-25-16-8-4-9-17-25/h3-11,14-19,27H,1-2,12-13,20-23H2,(H,32,35)(H,33,38)(H,34,36)/t27-/m1/s1. The fourth-order valence-corrected chi connectivity index (χ4v) is 3.85. The van der Waals surface area contributed by atoms with Gasteiger partial charge in [0.25, 0.3) is 5.91 Å². The van der Waals surface area contributed by atoms with E-state index in [0.29, 0.717) is 19.3 Å². The molecule has 0 saturated carbocycles. The Morgan fingerprint density at radius 2 is 1.20 bits per heavy atom. The monoisotopic (exact) mass is 545 g/mol. The molecule has 0 radical (unpaired) electrons. The van der Waals surface area contributed by atoms with E-state index in [-0.39, 0.29) is 25.4 Å². The van der Waals surface area contributed by atoms with E-state index in [1.807, 2.05) is 91.0 Å². The van der Waals surface area contributed by atoms with Crippen LogP contribution in [0, 0.1) is 0 Å². The first-order valence-electron chi connectivity index (χ1n) is 13.3. The largest absolute Gasteiger partial charge is 0.445 e. The quantitative estimate of drug-likeness (QED) is 0.192. The Kier molecular flexibility index (Phi) is 12.7. The molecule has 0 spiro atoms. The number of alkyl carbamates (subject to hydrolysis) is 1. The molecular formula is C31H35N3O6. The molecule has 0 aliphatic heterocycles. The summed E-state index contributed by atoms with van der Waals surface area (Å²) in [7, 11) is 0. The number of unbranched alkanes of at least 4 members (excludes halogenated alkanes) is 3. The summed E-state index contributed by atoms with van der Waals surface area (Å²) in [5.41, 5.74) is 4.55. The van der Waals surface area contributed by atoms with Crippen LogP contribution in [0.15, 0.2) is 91.0 Å². The number of anilines is 1. The first-order chi connectivity index (χ1) is 19.5. The van der Waals surface area contributed by atoms with Crippen LogP contribution < -0.4 is 16.1 Å². The van der Waals surface area contributed by atoms with Gasteiger partial charge in [-0.15, -0.1) is 0 Å². The lowest BCUT2D eigenvalue weighted by molar-refractivity contribution is -0.160. The number of benzene rings is 3. The summed E-state index contributed by atoms with van der Waals surface area (Å²) in [6.07, 6.45) is 2.80. The van der Waals surface area contributed by atoms with Gasteiger partial charge in [-0.05, 0) is 36.1 Å². The maximum absolute atomic E-state index is 12.7. The molecule has 40 heavy (non-hydrogen) atoms. The molecule has 9 nitrogen and oxygen atoms in total. The van der Waals surface area contributed by atoms with Crippen molar-refractivity contribution in [2.75, 3.05) is 5.32 Å². The number of para-hydroxylation sites is 1. The van der Waals surface area contributed by atoms with E-state index in [0.717, 1.165) is 29.7 Å². The van der Waals surface area contributed by atoms with Crippen LogP contribution in [0.3, 0.4) is 0 Å². The summed E-state index contributed by atoms with van der Waals surface area (Å²) in [5.74, 6) is -1.29. The fourth-order valence-electron chi connectivity index (χ4n) is 3.85. The van der Waals surface area contributed by atoms with E-state index in [4.69, 9.17) is 9.57 Å². The van der Waals surface area contributed by atoms with Crippen molar-refractivity contribution in [3.8, 4) is 0 Å². The zero-order valence-electron chi connectivity index (χ0n) is 22.3. The van der Waals surface area contributed by atoms with E-state index in [1.54, 1.807) is 0 Å². The lowest BCUT2D eigenvalue weighted by Crippen LogP contribution is -2.45. The van der Waals surface area contributed by atoms with Crippen molar-refractivity contribution >= 4 is 29.6 Å². The van der Waals surface area contributed by atoms with Gasteiger partial charge in [0.15, 0.2) is 0 Å². The van der Waals surface area contributed by atoms with Gasteiger partial charge in [-0.1, -0.05) is 91.7 Å². The molecule has 3 aromatic rings. The van der Waals surface area contributed by atoms with Crippen LogP contribution in [0.1, 0.15) is 49.7 Å². The van der Waals surface area contributed by atoms with E-state index in [9.17, 15) is 19.2 Å². The highest BCUT2D eigenvalue weighted by atomic mass is 16.7. The molecule has 0 bridgehead atoms. The molecule has 0 aliphatic rings. The second-order valence-corrected chi connectivity index (χ2v) is 9.22. The van der Waals surface area contributed by atoms with E-state index in [1.165, 1.54) is 0 Å². The van der Waals surface area contributed by atoms with Gasteiger partial charge in [0.05, 0.1) is 0 Å². The molecule has 0 unspecified atom stereocenters. The van der Waals surface area contributed by atoms with Crippen molar-refractivity contribution in [1.29, 1.82) is 0 Å². The molecule has 0 heterocycles. The van der Waals surface area contributed by atoms with Crippen LogP contribution in [-0.4, -0.2) is 29.9 Å². The Labute approximate surface area is 234 Å². The zero-order chi connectivity index (χ0) is 28.4.